The number of benzene rings is 1. The van der Waals surface area contributed by atoms with Crippen LogP contribution in [0.1, 0.15) is 64.9 Å². The summed E-state index contributed by atoms with van der Waals surface area (Å²) in [7, 11) is 0. The summed E-state index contributed by atoms with van der Waals surface area (Å²) in [5.41, 5.74) is 10.4. The number of carbonyl (C=O) groups excluding carboxylic acids is 1. The smallest absolute Gasteiger partial charge is 0.410 e. The molecule has 0 spiro atoms. The molecule has 0 radical (unpaired) electrons. The van der Waals surface area contributed by atoms with E-state index in [9.17, 15) is 4.79 Å². The van der Waals surface area contributed by atoms with Crippen molar-refractivity contribution in [3.05, 3.63) is 17.7 Å². The molecule has 4 rings (SSSR count). The van der Waals surface area contributed by atoms with Gasteiger partial charge < -0.3 is 30.5 Å². The second-order valence-corrected chi connectivity index (χ2v) is 11.0. The van der Waals surface area contributed by atoms with Crippen LogP contribution < -0.4 is 16.0 Å². The van der Waals surface area contributed by atoms with Gasteiger partial charge >= 0.3 is 6.09 Å². The fourth-order valence-electron chi connectivity index (χ4n) is 5.57. The Morgan fingerprint density at radius 1 is 1.00 bits per heavy atom. The average molecular weight is 458 g/mol. The highest BCUT2D eigenvalue weighted by molar-refractivity contribution is 5.78. The van der Waals surface area contributed by atoms with Gasteiger partial charge in [-0.15, -0.1) is 0 Å². The van der Waals surface area contributed by atoms with Gasteiger partial charge in [0.25, 0.3) is 0 Å². The van der Waals surface area contributed by atoms with Crippen LogP contribution in [0.5, 0.6) is 0 Å². The molecular formula is C26H43N5O2. The van der Waals surface area contributed by atoms with E-state index in [1.165, 1.54) is 50.0 Å². The van der Waals surface area contributed by atoms with E-state index >= 15 is 0 Å². The maximum atomic E-state index is 12.4. The number of ether oxygens (including phenoxy) is 1. The van der Waals surface area contributed by atoms with E-state index in [2.05, 4.69) is 28.1 Å². The molecule has 33 heavy (non-hydrogen) atoms. The number of nitrogen functional groups attached to an aromatic ring is 1. The molecule has 3 N–H and O–H groups in total. The van der Waals surface area contributed by atoms with Crippen molar-refractivity contribution in [2.45, 2.75) is 83.9 Å². The minimum absolute atomic E-state index is 0.212. The number of amides is 1. The quantitative estimate of drug-likeness (QED) is 0.651. The minimum Gasteiger partial charge on any atom is -0.444 e. The number of anilines is 3. The van der Waals surface area contributed by atoms with Crippen LogP contribution in [0.3, 0.4) is 0 Å². The van der Waals surface area contributed by atoms with Crippen molar-refractivity contribution in [3.63, 3.8) is 0 Å². The highest BCUT2D eigenvalue weighted by Gasteiger charge is 2.29. The second kappa shape index (κ2) is 10.00. The van der Waals surface area contributed by atoms with Gasteiger partial charge in [-0.3, -0.25) is 0 Å². The van der Waals surface area contributed by atoms with Crippen molar-refractivity contribution in [1.82, 2.24) is 9.80 Å². The van der Waals surface area contributed by atoms with E-state index in [1.54, 1.807) is 0 Å². The molecule has 7 heteroatoms. The minimum atomic E-state index is -0.457. The molecule has 3 saturated heterocycles. The molecule has 1 amide bonds. The van der Waals surface area contributed by atoms with Crippen LogP contribution in [0, 0.1) is 6.92 Å². The average Bonchev–Trinajstić information content (AvgIpc) is 3.31. The highest BCUT2D eigenvalue weighted by Crippen LogP contribution is 2.35. The molecule has 0 atom stereocenters. The Morgan fingerprint density at radius 2 is 1.64 bits per heavy atom. The summed E-state index contributed by atoms with van der Waals surface area (Å²) in [5.74, 6) is 0. The molecule has 0 aliphatic carbocycles. The van der Waals surface area contributed by atoms with Gasteiger partial charge in [0.1, 0.15) is 5.60 Å². The second-order valence-electron chi connectivity index (χ2n) is 11.0. The predicted octanol–water partition coefficient (Wildman–Crippen LogP) is 4.45. The van der Waals surface area contributed by atoms with Gasteiger partial charge in [0.15, 0.2) is 0 Å². The van der Waals surface area contributed by atoms with Gasteiger partial charge in [-0.1, -0.05) is 0 Å². The molecule has 1 aromatic rings. The van der Waals surface area contributed by atoms with E-state index in [0.717, 1.165) is 43.3 Å². The number of carbonyl (C=O) groups is 1. The standard InChI is InChI=1S/C26H43N5O2/c1-19-23(30-17-11-21(12-18-30)29-13-5-6-14-29)8-7-22(27)24(19)28-20-9-15-31(16-10-20)25(32)33-26(2,3)4/h7-8,20-21,28H,5-6,9-18,27H2,1-4H3. The first-order chi connectivity index (χ1) is 15.7. The van der Waals surface area contributed by atoms with Crippen LogP contribution in [-0.2, 0) is 4.74 Å². The molecule has 184 valence electrons. The monoisotopic (exact) mass is 457 g/mol. The summed E-state index contributed by atoms with van der Waals surface area (Å²) < 4.78 is 5.53. The molecule has 0 unspecified atom stereocenters. The van der Waals surface area contributed by atoms with Gasteiger partial charge in [-0.2, -0.15) is 0 Å². The van der Waals surface area contributed by atoms with Gasteiger partial charge in [0.05, 0.1) is 11.4 Å². The normalized spacial score (nSPS) is 21.5. The number of rotatable bonds is 4. The third-order valence-corrected chi connectivity index (χ3v) is 7.43. The molecule has 0 bridgehead atoms. The Bertz CT molecular complexity index is 815. The Balaban J connectivity index is 1.34. The lowest BCUT2D eigenvalue weighted by molar-refractivity contribution is 0.0210. The fourth-order valence-corrected chi connectivity index (χ4v) is 5.57. The fraction of sp³-hybridized carbons (Fsp3) is 0.731. The Hall–Kier alpha value is -2.15. The first-order valence-corrected chi connectivity index (χ1v) is 12.8. The lowest BCUT2D eigenvalue weighted by Crippen LogP contribution is -2.45. The van der Waals surface area contributed by atoms with Crippen molar-refractivity contribution in [1.29, 1.82) is 0 Å². The van der Waals surface area contributed by atoms with E-state index in [0.29, 0.717) is 19.1 Å². The third-order valence-electron chi connectivity index (χ3n) is 7.43. The number of nitrogens with two attached hydrogens (primary N) is 1. The van der Waals surface area contributed by atoms with Gasteiger partial charge in [0.2, 0.25) is 0 Å². The Labute approximate surface area is 199 Å². The van der Waals surface area contributed by atoms with Crippen molar-refractivity contribution in [2.24, 2.45) is 0 Å². The highest BCUT2D eigenvalue weighted by atomic mass is 16.6. The number of nitrogens with zero attached hydrogens (tertiary/aromatic N) is 3. The van der Waals surface area contributed by atoms with Crippen LogP contribution in [0.25, 0.3) is 0 Å². The third kappa shape index (κ3) is 5.86. The molecule has 0 saturated carbocycles. The molecule has 3 aliphatic heterocycles. The summed E-state index contributed by atoms with van der Waals surface area (Å²) in [4.78, 5) is 19.4. The number of hydrogen-bond acceptors (Lipinski definition) is 6. The van der Waals surface area contributed by atoms with E-state index in [4.69, 9.17) is 10.5 Å². The van der Waals surface area contributed by atoms with Crippen LogP contribution in [0.2, 0.25) is 0 Å². The molecule has 3 fully saturated rings. The Kier molecular flexibility index (Phi) is 7.27. The number of nitrogens with one attached hydrogen (secondary N) is 1. The van der Waals surface area contributed by atoms with E-state index in [-0.39, 0.29) is 6.09 Å². The van der Waals surface area contributed by atoms with Crippen molar-refractivity contribution < 1.29 is 9.53 Å². The number of piperidine rings is 2. The zero-order valence-electron chi connectivity index (χ0n) is 21.0. The predicted molar refractivity (Wildman–Crippen MR) is 136 cm³/mol. The largest absolute Gasteiger partial charge is 0.444 e. The SMILES string of the molecule is Cc1c(N2CCC(N3CCCC3)CC2)ccc(N)c1NC1CCN(C(=O)OC(C)(C)C)CC1. The molecule has 3 aliphatic rings. The van der Waals surface area contributed by atoms with Crippen LogP contribution in [0.4, 0.5) is 21.9 Å². The lowest BCUT2D eigenvalue weighted by atomic mass is 10.00. The summed E-state index contributed by atoms with van der Waals surface area (Å²) in [5, 5.41) is 3.72. The molecule has 1 aromatic carbocycles. The molecule has 0 aromatic heterocycles. The zero-order valence-corrected chi connectivity index (χ0v) is 21.0. The zero-order chi connectivity index (χ0) is 23.6. The van der Waals surface area contributed by atoms with Crippen molar-refractivity contribution >= 4 is 23.2 Å². The first kappa shape index (κ1) is 24.0. The van der Waals surface area contributed by atoms with E-state index in [1.807, 2.05) is 31.7 Å². The summed E-state index contributed by atoms with van der Waals surface area (Å²) >= 11 is 0. The molecule has 3 heterocycles. The number of hydrogen-bond donors (Lipinski definition) is 2. The van der Waals surface area contributed by atoms with Crippen LogP contribution in [-0.4, -0.2) is 72.8 Å². The van der Waals surface area contributed by atoms with Crippen LogP contribution >= 0.6 is 0 Å². The number of likely N-dealkylation sites (tertiary alicyclic amines) is 2. The maximum absolute atomic E-state index is 12.4. The summed E-state index contributed by atoms with van der Waals surface area (Å²) in [6.45, 7) is 14.1. The van der Waals surface area contributed by atoms with E-state index < -0.39 is 5.60 Å². The summed E-state index contributed by atoms with van der Waals surface area (Å²) in [6.07, 6.45) is 6.79. The lowest BCUT2D eigenvalue weighted by Gasteiger charge is -2.39. The topological polar surface area (TPSA) is 74.1 Å². The van der Waals surface area contributed by atoms with Crippen molar-refractivity contribution in [3.8, 4) is 0 Å². The molecular weight excluding hydrogens is 414 g/mol. The van der Waals surface area contributed by atoms with Gasteiger partial charge in [0, 0.05) is 44.0 Å². The Morgan fingerprint density at radius 3 is 2.24 bits per heavy atom. The van der Waals surface area contributed by atoms with Crippen molar-refractivity contribution in [2.75, 3.05) is 55.2 Å². The summed E-state index contributed by atoms with van der Waals surface area (Å²) in [6, 6.07) is 5.30. The van der Waals surface area contributed by atoms with Crippen LogP contribution in [0.15, 0.2) is 12.1 Å². The molecule has 7 nitrogen and oxygen atoms in total. The first-order valence-electron chi connectivity index (χ1n) is 12.8. The van der Waals surface area contributed by atoms with Gasteiger partial charge in [-0.25, -0.2) is 4.79 Å². The van der Waals surface area contributed by atoms with Gasteiger partial charge in [-0.05, 0) is 97.0 Å². The maximum Gasteiger partial charge on any atom is 0.410 e.